The summed E-state index contributed by atoms with van der Waals surface area (Å²) in [6.07, 6.45) is -2.76. The number of aliphatic hydroxyl groups is 3. The predicted octanol–water partition coefficient (Wildman–Crippen LogP) is 2.95. The van der Waals surface area contributed by atoms with Crippen LogP contribution in [0.2, 0.25) is 0 Å². The molecule has 0 radical (unpaired) electrons. The maximum absolute atomic E-state index is 13.3. The molecule has 0 aliphatic heterocycles. The summed E-state index contributed by atoms with van der Waals surface area (Å²) in [5, 5.41) is 68.1. The van der Waals surface area contributed by atoms with Gasteiger partial charge in [-0.25, -0.2) is 0 Å². The number of hydrogen-bond donors (Lipinski definition) is 8. The van der Waals surface area contributed by atoms with E-state index in [0.717, 1.165) is 6.42 Å². The number of nitrogens with two attached hydrogens (primary N) is 1. The molecule has 0 bridgehead atoms. The first-order chi connectivity index (χ1) is 23.6. The molecular weight excluding hydrogens is 674 g/mol. The van der Waals surface area contributed by atoms with Crippen LogP contribution in [0.5, 0.6) is 0 Å². The molecule has 0 fully saturated rings. The van der Waals surface area contributed by atoms with E-state index >= 15 is 0 Å². The predicted molar refractivity (Wildman–Crippen MR) is 182 cm³/mol. The van der Waals surface area contributed by atoms with E-state index < -0.39 is 121 Å². The van der Waals surface area contributed by atoms with Gasteiger partial charge < -0.3 is 51.0 Å². The molecule has 16 heteroatoms. The summed E-state index contributed by atoms with van der Waals surface area (Å²) in [7, 11) is 0. The minimum absolute atomic E-state index is 0.00770. The first-order valence-corrected chi connectivity index (χ1v) is 17.7. The Bertz CT molecular complexity index is 1110. The van der Waals surface area contributed by atoms with E-state index in [2.05, 4.69) is 0 Å². The average molecular weight is 736 g/mol. The molecule has 296 valence electrons. The fraction of sp³-hybridized carbons (Fsp3) is 0.829. The summed E-state index contributed by atoms with van der Waals surface area (Å²) < 4.78 is 11.7. The third kappa shape index (κ3) is 20.3. The molecule has 0 spiro atoms. The Balaban J connectivity index is 6.19. The van der Waals surface area contributed by atoms with Crippen LogP contribution in [0.3, 0.4) is 0 Å². The molecular formula is C35H61NO15. The van der Waals surface area contributed by atoms with Gasteiger partial charge in [0.1, 0.15) is 11.7 Å². The lowest BCUT2D eigenvalue weighted by Gasteiger charge is -2.41. The normalized spacial score (nSPS) is 18.1. The smallest absolute Gasteiger partial charge is 0.307 e. The Morgan fingerprint density at radius 3 is 1.59 bits per heavy atom. The van der Waals surface area contributed by atoms with E-state index in [-0.39, 0.29) is 19.3 Å². The lowest BCUT2D eigenvalue weighted by atomic mass is 9.79. The lowest BCUT2D eigenvalue weighted by molar-refractivity contribution is -0.196. The first-order valence-electron chi connectivity index (χ1n) is 17.7. The van der Waals surface area contributed by atoms with Crippen molar-refractivity contribution >= 4 is 35.8 Å². The van der Waals surface area contributed by atoms with E-state index in [1.807, 2.05) is 6.92 Å². The van der Waals surface area contributed by atoms with Gasteiger partial charge in [0, 0.05) is 12.5 Å². The van der Waals surface area contributed by atoms with Crippen molar-refractivity contribution in [2.24, 2.45) is 29.4 Å². The fourth-order valence-electron chi connectivity index (χ4n) is 6.27. The molecule has 9 N–H and O–H groups in total. The second kappa shape index (κ2) is 24.0. The average Bonchev–Trinajstić information content (AvgIpc) is 2.99. The number of unbranched alkanes of at least 4 members (excludes halogenated alkanes) is 2. The molecule has 10 atom stereocenters. The molecule has 51 heavy (non-hydrogen) atoms. The second-order valence-corrected chi connectivity index (χ2v) is 14.3. The summed E-state index contributed by atoms with van der Waals surface area (Å²) in [6.45, 7) is 8.55. The van der Waals surface area contributed by atoms with E-state index in [0.29, 0.717) is 38.5 Å². The molecule has 0 rings (SSSR count). The summed E-state index contributed by atoms with van der Waals surface area (Å²) in [4.78, 5) is 72.2. The maximum Gasteiger partial charge on any atom is 0.307 e. The zero-order chi connectivity index (χ0) is 39.5. The number of rotatable bonds is 29. The van der Waals surface area contributed by atoms with Crippen LogP contribution in [0.25, 0.3) is 0 Å². The van der Waals surface area contributed by atoms with Crippen LogP contribution in [0, 0.1) is 23.7 Å². The third-order valence-corrected chi connectivity index (χ3v) is 8.98. The van der Waals surface area contributed by atoms with E-state index in [4.69, 9.17) is 25.4 Å². The minimum Gasteiger partial charge on any atom is -0.481 e. The number of carbonyl (C=O) groups excluding carboxylic acids is 2. The van der Waals surface area contributed by atoms with Crippen LogP contribution in [0.4, 0.5) is 0 Å². The Morgan fingerprint density at radius 2 is 1.16 bits per heavy atom. The Kier molecular flexibility index (Phi) is 22.4. The van der Waals surface area contributed by atoms with Gasteiger partial charge in [-0.3, -0.25) is 28.8 Å². The Morgan fingerprint density at radius 1 is 0.686 bits per heavy atom. The molecule has 0 aromatic heterocycles. The molecule has 0 heterocycles. The van der Waals surface area contributed by atoms with Crippen molar-refractivity contribution in [2.75, 3.05) is 0 Å². The molecule has 0 aromatic carbocycles. The van der Waals surface area contributed by atoms with Gasteiger partial charge in [0.15, 0.2) is 0 Å². The van der Waals surface area contributed by atoms with E-state index in [1.165, 1.54) is 6.92 Å². The van der Waals surface area contributed by atoms with Gasteiger partial charge in [0.2, 0.25) is 0 Å². The fourth-order valence-corrected chi connectivity index (χ4v) is 6.27. The van der Waals surface area contributed by atoms with Crippen LogP contribution in [-0.2, 0) is 38.2 Å². The highest BCUT2D eigenvalue weighted by Crippen LogP contribution is 2.36. The van der Waals surface area contributed by atoms with E-state index in [9.17, 15) is 54.3 Å². The molecule has 0 saturated carbocycles. The van der Waals surface area contributed by atoms with Gasteiger partial charge in [-0.2, -0.15) is 0 Å². The summed E-state index contributed by atoms with van der Waals surface area (Å²) >= 11 is 0. The van der Waals surface area contributed by atoms with Crippen LogP contribution in [0.15, 0.2) is 0 Å². The number of ether oxygens (including phenoxy) is 2. The molecule has 0 aromatic rings. The highest BCUT2D eigenvalue weighted by Gasteiger charge is 2.46. The van der Waals surface area contributed by atoms with Crippen LogP contribution < -0.4 is 5.73 Å². The summed E-state index contributed by atoms with van der Waals surface area (Å²) in [5.74, 6) is -12.1. The monoisotopic (exact) mass is 735 g/mol. The summed E-state index contributed by atoms with van der Waals surface area (Å²) in [6, 6.07) is -0.479. The van der Waals surface area contributed by atoms with Gasteiger partial charge >= 0.3 is 35.8 Å². The molecule has 0 aliphatic carbocycles. The molecule has 0 saturated heterocycles. The molecule has 16 nitrogen and oxygen atoms in total. The van der Waals surface area contributed by atoms with Crippen LogP contribution in [-0.4, -0.2) is 108 Å². The van der Waals surface area contributed by atoms with Crippen molar-refractivity contribution in [1.29, 1.82) is 0 Å². The van der Waals surface area contributed by atoms with Crippen molar-refractivity contribution in [3.63, 3.8) is 0 Å². The largest absolute Gasteiger partial charge is 0.481 e. The van der Waals surface area contributed by atoms with Gasteiger partial charge in [0.25, 0.3) is 0 Å². The summed E-state index contributed by atoms with van der Waals surface area (Å²) in [5.41, 5.74) is 3.97. The van der Waals surface area contributed by atoms with Crippen molar-refractivity contribution in [2.45, 2.75) is 161 Å². The van der Waals surface area contributed by atoms with Crippen molar-refractivity contribution < 1.29 is 74.0 Å². The highest BCUT2D eigenvalue weighted by molar-refractivity contribution is 5.84. The Hall–Kier alpha value is -3.34. The second-order valence-electron chi connectivity index (χ2n) is 14.3. The first kappa shape index (κ1) is 47.7. The van der Waals surface area contributed by atoms with Crippen molar-refractivity contribution in [1.82, 2.24) is 0 Å². The number of hydrogen-bond acceptors (Lipinski definition) is 12. The van der Waals surface area contributed by atoms with Crippen LogP contribution in [0.1, 0.15) is 125 Å². The van der Waals surface area contributed by atoms with Crippen LogP contribution >= 0.6 is 0 Å². The number of carboxylic acids is 4. The van der Waals surface area contributed by atoms with Gasteiger partial charge in [-0.1, -0.05) is 46.5 Å². The third-order valence-electron chi connectivity index (χ3n) is 8.98. The van der Waals surface area contributed by atoms with Crippen molar-refractivity contribution in [3.8, 4) is 0 Å². The number of aliphatic hydroxyl groups excluding tert-OH is 3. The quantitative estimate of drug-likeness (QED) is 0.0405. The Labute approximate surface area is 299 Å². The highest BCUT2D eigenvalue weighted by atomic mass is 16.6. The number of aliphatic carboxylic acids is 4. The van der Waals surface area contributed by atoms with Crippen molar-refractivity contribution in [3.05, 3.63) is 0 Å². The number of carboxylic acid groups (broad SMARTS) is 4. The minimum atomic E-state index is -1.66. The van der Waals surface area contributed by atoms with Gasteiger partial charge in [0.05, 0.1) is 55.8 Å². The van der Waals surface area contributed by atoms with E-state index in [1.54, 1.807) is 20.8 Å². The number of carbonyl (C=O) groups is 6. The molecule has 10 unspecified atom stereocenters. The molecule has 0 aliphatic rings. The lowest BCUT2D eigenvalue weighted by Crippen LogP contribution is -2.51. The maximum atomic E-state index is 13.3. The van der Waals surface area contributed by atoms with Gasteiger partial charge in [-0.15, -0.1) is 0 Å². The van der Waals surface area contributed by atoms with Gasteiger partial charge in [-0.05, 0) is 57.8 Å². The molecule has 0 amide bonds. The number of esters is 2. The standard InChI is InChI=1S/C35H61NO15/c1-6-7-10-21(3)32(50-30(44)16-23(33(46)47)14-28(40)41)35(5,51-31(45)17-24(34(48)49)15-29(42)43)19-20(2)13-25(37)11-8-9-12-26(38)18-27(39)22(4)36/h20-27,32,37-39H,6-19,36H2,1-5H3,(H,40,41)(H,42,43)(H,46,47)(H,48,49). The zero-order valence-electron chi connectivity index (χ0n) is 30.6. The SMILES string of the molecule is CCCCC(C)C(OC(=O)CC(CC(=O)O)C(=O)O)C(C)(CC(C)CC(O)CCCCC(O)CC(O)C(C)N)OC(=O)CC(CC(=O)O)C(=O)O. The zero-order valence-corrected chi connectivity index (χ0v) is 30.6. The topological polar surface area (TPSA) is 289 Å².